The molecule has 0 aromatic carbocycles. The van der Waals surface area contributed by atoms with Crippen molar-refractivity contribution in [2.24, 2.45) is 5.92 Å². The molecule has 2 atom stereocenters. The predicted molar refractivity (Wildman–Crippen MR) is 74.2 cm³/mol. The zero-order chi connectivity index (χ0) is 10.7. The van der Waals surface area contributed by atoms with E-state index in [1.807, 2.05) is 11.5 Å². The molecule has 2 nitrogen and oxygen atoms in total. The molecule has 0 saturated heterocycles. The Morgan fingerprint density at radius 3 is 2.81 bits per heavy atom. The van der Waals surface area contributed by atoms with Crippen LogP contribution in [0.5, 0.6) is 0 Å². The lowest BCUT2D eigenvalue weighted by Crippen LogP contribution is -2.37. The molecule has 1 aliphatic heterocycles. The molecule has 4 heteroatoms. The number of nitrogens with one attached hydrogen (secondary N) is 2. The smallest absolute Gasteiger partial charge is 0.109 e. The normalized spacial score (nSPS) is 27.4. The Balaban J connectivity index is 0.00000128. The molecule has 2 aliphatic rings. The number of allylic oxidation sites excluding steroid dienone is 4. The van der Waals surface area contributed by atoms with E-state index in [9.17, 15) is 0 Å². The average Bonchev–Trinajstić information content (AvgIpc) is 2.26. The second-order valence-electron chi connectivity index (χ2n) is 3.88. The molecule has 2 rings (SSSR count). The highest BCUT2D eigenvalue weighted by Crippen LogP contribution is 2.21. The molecular weight excluding hydrogens is 240 g/mol. The monoisotopic (exact) mass is 256 g/mol. The highest BCUT2D eigenvalue weighted by molar-refractivity contribution is 8.00. The first kappa shape index (κ1) is 13.3. The summed E-state index contributed by atoms with van der Waals surface area (Å²) in [5.41, 5.74) is 1.43. The SMILES string of the molecule is CC1=CC=CC(NC2=CC=CSN2)C1C.Cl. The van der Waals surface area contributed by atoms with Crippen molar-refractivity contribution in [3.8, 4) is 0 Å². The van der Waals surface area contributed by atoms with Crippen molar-refractivity contribution in [1.29, 1.82) is 0 Å². The van der Waals surface area contributed by atoms with Crippen LogP contribution in [0.1, 0.15) is 13.8 Å². The molecule has 0 spiro atoms. The molecular formula is C12H17ClN2S. The van der Waals surface area contributed by atoms with Gasteiger partial charge in [0.15, 0.2) is 0 Å². The van der Waals surface area contributed by atoms with E-state index in [0.717, 1.165) is 5.82 Å². The maximum absolute atomic E-state index is 3.49. The Hall–Kier alpha value is -0.800. The van der Waals surface area contributed by atoms with Crippen molar-refractivity contribution in [2.75, 3.05) is 0 Å². The van der Waals surface area contributed by atoms with Crippen molar-refractivity contribution >= 4 is 24.4 Å². The molecule has 1 heterocycles. The molecule has 2 N–H and O–H groups in total. The van der Waals surface area contributed by atoms with Crippen LogP contribution < -0.4 is 10.0 Å². The van der Waals surface area contributed by atoms with Gasteiger partial charge in [-0.15, -0.1) is 12.4 Å². The van der Waals surface area contributed by atoms with Crippen LogP contribution in [0.25, 0.3) is 0 Å². The highest BCUT2D eigenvalue weighted by atomic mass is 35.5. The summed E-state index contributed by atoms with van der Waals surface area (Å²) in [4.78, 5) is 0. The van der Waals surface area contributed by atoms with Crippen molar-refractivity contribution in [3.05, 3.63) is 47.2 Å². The summed E-state index contributed by atoms with van der Waals surface area (Å²) in [6.07, 6.45) is 10.6. The van der Waals surface area contributed by atoms with E-state index < -0.39 is 0 Å². The summed E-state index contributed by atoms with van der Waals surface area (Å²) in [5, 5.41) is 5.51. The standard InChI is InChI=1S/C12H16N2S.ClH/c1-9-5-3-6-11(10(9)2)13-12-7-4-8-15-14-12;/h3-8,10-11,13-14H,1-2H3;1H. The Kier molecular flexibility index (Phi) is 5.03. The molecule has 0 radical (unpaired) electrons. The van der Waals surface area contributed by atoms with Crippen LogP contribution >= 0.6 is 24.4 Å². The van der Waals surface area contributed by atoms with Gasteiger partial charge in [0.2, 0.25) is 0 Å². The largest absolute Gasteiger partial charge is 0.364 e. The van der Waals surface area contributed by atoms with E-state index in [2.05, 4.69) is 48.2 Å². The van der Waals surface area contributed by atoms with E-state index in [1.54, 1.807) is 11.9 Å². The van der Waals surface area contributed by atoms with Gasteiger partial charge in [-0.25, -0.2) is 0 Å². The summed E-state index contributed by atoms with van der Waals surface area (Å²) in [6, 6.07) is 0.390. The number of hydrogen-bond acceptors (Lipinski definition) is 3. The van der Waals surface area contributed by atoms with E-state index in [4.69, 9.17) is 0 Å². The third-order valence-corrected chi connectivity index (χ3v) is 3.47. The molecule has 16 heavy (non-hydrogen) atoms. The Morgan fingerprint density at radius 2 is 2.12 bits per heavy atom. The van der Waals surface area contributed by atoms with E-state index in [1.165, 1.54) is 5.57 Å². The average molecular weight is 257 g/mol. The Bertz CT molecular complexity index is 358. The van der Waals surface area contributed by atoms with Crippen LogP contribution in [0.3, 0.4) is 0 Å². The molecule has 0 saturated carbocycles. The summed E-state index contributed by atoms with van der Waals surface area (Å²) < 4.78 is 3.23. The number of rotatable bonds is 2. The molecule has 0 amide bonds. The molecule has 0 aromatic heterocycles. The minimum absolute atomic E-state index is 0. The van der Waals surface area contributed by atoms with E-state index in [0.29, 0.717) is 12.0 Å². The maximum Gasteiger partial charge on any atom is 0.109 e. The second-order valence-corrected chi connectivity index (χ2v) is 4.60. The minimum Gasteiger partial charge on any atom is -0.364 e. The van der Waals surface area contributed by atoms with Gasteiger partial charge in [0.1, 0.15) is 5.82 Å². The fourth-order valence-electron chi connectivity index (χ4n) is 1.67. The molecule has 0 bridgehead atoms. The van der Waals surface area contributed by atoms with Crippen molar-refractivity contribution in [1.82, 2.24) is 10.0 Å². The van der Waals surface area contributed by atoms with Gasteiger partial charge < -0.3 is 10.0 Å². The molecule has 88 valence electrons. The van der Waals surface area contributed by atoms with Crippen LogP contribution in [0.2, 0.25) is 0 Å². The predicted octanol–water partition coefficient (Wildman–Crippen LogP) is 3.13. The molecule has 0 aromatic rings. The zero-order valence-electron chi connectivity index (χ0n) is 9.44. The van der Waals surface area contributed by atoms with Gasteiger partial charge in [-0.3, -0.25) is 0 Å². The summed E-state index contributed by atoms with van der Waals surface area (Å²) in [6.45, 7) is 4.43. The Morgan fingerprint density at radius 1 is 1.31 bits per heavy atom. The van der Waals surface area contributed by atoms with Crippen LogP contribution in [0.4, 0.5) is 0 Å². The maximum atomic E-state index is 3.49. The van der Waals surface area contributed by atoms with Crippen LogP contribution in [-0.4, -0.2) is 6.04 Å². The van der Waals surface area contributed by atoms with Crippen LogP contribution in [0.15, 0.2) is 47.2 Å². The second kappa shape index (κ2) is 6.06. The van der Waals surface area contributed by atoms with Crippen molar-refractivity contribution in [2.45, 2.75) is 19.9 Å². The van der Waals surface area contributed by atoms with Gasteiger partial charge in [0.25, 0.3) is 0 Å². The quantitative estimate of drug-likeness (QED) is 0.743. The number of hydrogen-bond donors (Lipinski definition) is 2. The Labute approximate surface area is 107 Å². The molecule has 2 unspecified atom stereocenters. The van der Waals surface area contributed by atoms with E-state index in [-0.39, 0.29) is 12.4 Å². The molecule has 1 aliphatic carbocycles. The topological polar surface area (TPSA) is 24.1 Å². The summed E-state index contributed by atoms with van der Waals surface area (Å²) in [5.74, 6) is 1.63. The van der Waals surface area contributed by atoms with Gasteiger partial charge in [-0.05, 0) is 30.4 Å². The van der Waals surface area contributed by atoms with Crippen molar-refractivity contribution < 1.29 is 0 Å². The lowest BCUT2D eigenvalue weighted by molar-refractivity contribution is 0.511. The van der Waals surface area contributed by atoms with Gasteiger partial charge in [0.05, 0.1) is 6.04 Å². The van der Waals surface area contributed by atoms with E-state index >= 15 is 0 Å². The minimum atomic E-state index is 0. The fraction of sp³-hybridized carbons (Fsp3) is 0.333. The zero-order valence-corrected chi connectivity index (χ0v) is 11.1. The number of halogens is 1. The lowest BCUT2D eigenvalue weighted by Gasteiger charge is -2.28. The summed E-state index contributed by atoms with van der Waals surface area (Å²) >= 11 is 1.59. The van der Waals surface area contributed by atoms with Crippen LogP contribution in [-0.2, 0) is 0 Å². The third-order valence-electron chi connectivity index (χ3n) is 2.84. The van der Waals surface area contributed by atoms with Gasteiger partial charge in [-0.2, -0.15) is 0 Å². The highest BCUT2D eigenvalue weighted by Gasteiger charge is 2.18. The lowest BCUT2D eigenvalue weighted by atomic mass is 9.90. The third kappa shape index (κ3) is 3.09. The first-order valence-corrected chi connectivity index (χ1v) is 6.05. The van der Waals surface area contributed by atoms with Gasteiger partial charge in [0, 0.05) is 5.92 Å². The molecule has 0 fully saturated rings. The first-order valence-electron chi connectivity index (χ1n) is 5.17. The fourth-order valence-corrected chi connectivity index (χ4v) is 2.14. The van der Waals surface area contributed by atoms with Gasteiger partial charge in [-0.1, -0.05) is 36.8 Å². The summed E-state index contributed by atoms with van der Waals surface area (Å²) in [7, 11) is 0. The van der Waals surface area contributed by atoms with Crippen LogP contribution in [0, 0.1) is 5.92 Å². The van der Waals surface area contributed by atoms with Gasteiger partial charge >= 0.3 is 0 Å². The van der Waals surface area contributed by atoms with Crippen molar-refractivity contribution in [3.63, 3.8) is 0 Å². The first-order chi connectivity index (χ1) is 7.27.